The minimum atomic E-state index is -0.386. The average molecular weight is 377 g/mol. The summed E-state index contributed by atoms with van der Waals surface area (Å²) in [6, 6.07) is 4.76. The minimum absolute atomic E-state index is 0.0826. The lowest BCUT2D eigenvalue weighted by molar-refractivity contribution is -0.384. The van der Waals surface area contributed by atoms with Gasteiger partial charge in [0.05, 0.1) is 21.7 Å². The number of benzene rings is 1. The van der Waals surface area contributed by atoms with Crippen molar-refractivity contribution in [2.24, 2.45) is 0 Å². The number of carbonyl (C=O) groups excluding carboxylic acids is 1. The summed E-state index contributed by atoms with van der Waals surface area (Å²) < 4.78 is 0.826. The molecule has 26 heavy (non-hydrogen) atoms. The van der Waals surface area contributed by atoms with Crippen LogP contribution in [0, 0.1) is 10.1 Å². The highest BCUT2D eigenvalue weighted by Crippen LogP contribution is 2.31. The number of aromatic nitrogens is 1. The van der Waals surface area contributed by atoms with Gasteiger partial charge in [-0.05, 0) is 12.5 Å². The maximum absolute atomic E-state index is 11.9. The van der Waals surface area contributed by atoms with Crippen LogP contribution in [-0.4, -0.2) is 60.0 Å². The lowest BCUT2D eigenvalue weighted by Gasteiger charge is -2.34. The quantitative estimate of drug-likeness (QED) is 0.452. The van der Waals surface area contributed by atoms with E-state index in [4.69, 9.17) is 0 Å². The lowest BCUT2D eigenvalue weighted by atomic mass is 10.3. The van der Waals surface area contributed by atoms with E-state index in [0.717, 1.165) is 60.9 Å². The third kappa shape index (κ3) is 4.47. The number of fused-ring (bicyclic) bond motifs is 1. The van der Waals surface area contributed by atoms with Crippen molar-refractivity contribution in [1.29, 1.82) is 0 Å². The minimum Gasteiger partial charge on any atom is -0.355 e. The largest absolute Gasteiger partial charge is 0.355 e. The van der Waals surface area contributed by atoms with Crippen molar-refractivity contribution < 1.29 is 9.72 Å². The highest BCUT2D eigenvalue weighted by atomic mass is 32.1. The van der Waals surface area contributed by atoms with Crippen LogP contribution in [0.1, 0.15) is 19.8 Å². The Hall–Kier alpha value is -2.26. The zero-order chi connectivity index (χ0) is 18.5. The third-order valence-electron chi connectivity index (χ3n) is 4.43. The van der Waals surface area contributed by atoms with Gasteiger partial charge in [0.1, 0.15) is 0 Å². The Labute approximate surface area is 156 Å². The van der Waals surface area contributed by atoms with E-state index < -0.39 is 0 Å². The maximum Gasteiger partial charge on any atom is 0.270 e. The molecule has 1 aromatic carbocycles. The van der Waals surface area contributed by atoms with Crippen LogP contribution in [0.2, 0.25) is 0 Å². The molecule has 1 aliphatic rings. The van der Waals surface area contributed by atoms with Crippen LogP contribution in [0.25, 0.3) is 10.2 Å². The zero-order valence-electron chi connectivity index (χ0n) is 14.8. The number of hydrogen-bond acceptors (Lipinski definition) is 7. The van der Waals surface area contributed by atoms with E-state index in [0.29, 0.717) is 6.54 Å². The number of nitrogens with zero attached hydrogens (tertiary/aromatic N) is 4. The van der Waals surface area contributed by atoms with Gasteiger partial charge >= 0.3 is 0 Å². The van der Waals surface area contributed by atoms with Crippen LogP contribution in [0.4, 0.5) is 10.8 Å². The summed E-state index contributed by atoms with van der Waals surface area (Å²) in [5.41, 5.74) is 0.875. The van der Waals surface area contributed by atoms with E-state index in [2.05, 4.69) is 27.0 Å². The standard InChI is InChI=1S/C17H23N5O3S/c1-2-3-6-18-16(23)12-20-7-9-21(10-8-20)17-19-14-5-4-13(22(24)25)11-15(14)26-17/h4-5,11H,2-3,6-10,12H2,1H3,(H,18,23). The number of hydrogen-bond donors (Lipinski definition) is 1. The molecular weight excluding hydrogens is 354 g/mol. The van der Waals surface area contributed by atoms with Gasteiger partial charge < -0.3 is 10.2 Å². The van der Waals surface area contributed by atoms with Crippen molar-refractivity contribution >= 4 is 38.3 Å². The molecule has 9 heteroatoms. The number of nitro benzene ring substituents is 1. The topological polar surface area (TPSA) is 91.6 Å². The normalized spacial score (nSPS) is 15.3. The highest BCUT2D eigenvalue weighted by Gasteiger charge is 2.21. The number of nitro groups is 1. The molecule has 0 saturated carbocycles. The highest BCUT2D eigenvalue weighted by molar-refractivity contribution is 7.22. The number of piperazine rings is 1. The molecule has 1 saturated heterocycles. The van der Waals surface area contributed by atoms with E-state index in [1.807, 2.05) is 0 Å². The molecule has 140 valence electrons. The van der Waals surface area contributed by atoms with Gasteiger partial charge in [0.25, 0.3) is 5.69 Å². The number of non-ortho nitro benzene ring substituents is 1. The van der Waals surface area contributed by atoms with Crippen LogP contribution in [-0.2, 0) is 4.79 Å². The first-order chi connectivity index (χ1) is 12.6. The molecule has 1 aromatic heterocycles. The van der Waals surface area contributed by atoms with Gasteiger partial charge in [-0.1, -0.05) is 24.7 Å². The second kappa shape index (κ2) is 8.41. The molecule has 2 heterocycles. The van der Waals surface area contributed by atoms with Crippen molar-refractivity contribution in [1.82, 2.24) is 15.2 Å². The molecule has 0 unspecified atom stereocenters. The summed E-state index contributed by atoms with van der Waals surface area (Å²) in [7, 11) is 0. The summed E-state index contributed by atoms with van der Waals surface area (Å²) in [5.74, 6) is 0.0826. The van der Waals surface area contributed by atoms with Gasteiger partial charge in [-0.3, -0.25) is 19.8 Å². The molecule has 0 atom stereocenters. The Bertz CT molecular complexity index is 786. The molecular formula is C17H23N5O3S. The van der Waals surface area contributed by atoms with Crippen LogP contribution < -0.4 is 10.2 Å². The number of carbonyl (C=O) groups is 1. The molecule has 8 nitrogen and oxygen atoms in total. The first kappa shape index (κ1) is 18.5. The van der Waals surface area contributed by atoms with E-state index >= 15 is 0 Å². The number of anilines is 1. The molecule has 0 radical (unpaired) electrons. The van der Waals surface area contributed by atoms with Crippen LogP contribution in [0.3, 0.4) is 0 Å². The van der Waals surface area contributed by atoms with Crippen molar-refractivity contribution in [3.05, 3.63) is 28.3 Å². The predicted octanol–water partition coefficient (Wildman–Crippen LogP) is 2.24. The zero-order valence-corrected chi connectivity index (χ0v) is 15.6. The summed E-state index contributed by atoms with van der Waals surface area (Å²) in [5, 5.41) is 14.7. The Morgan fingerprint density at radius 3 is 2.81 bits per heavy atom. The van der Waals surface area contributed by atoms with Crippen molar-refractivity contribution in [3.63, 3.8) is 0 Å². The SMILES string of the molecule is CCCCNC(=O)CN1CCN(c2nc3ccc([N+](=O)[O-])cc3s2)CC1. The molecule has 0 spiro atoms. The van der Waals surface area contributed by atoms with E-state index in [9.17, 15) is 14.9 Å². The fourth-order valence-electron chi connectivity index (χ4n) is 2.91. The van der Waals surface area contributed by atoms with Gasteiger partial charge in [-0.25, -0.2) is 4.98 Å². The molecule has 1 aliphatic heterocycles. The van der Waals surface area contributed by atoms with Gasteiger partial charge in [0, 0.05) is 44.9 Å². The molecule has 0 bridgehead atoms. The lowest BCUT2D eigenvalue weighted by Crippen LogP contribution is -2.49. The molecule has 0 aliphatic carbocycles. The number of nitrogens with one attached hydrogen (secondary N) is 1. The number of rotatable bonds is 7. The van der Waals surface area contributed by atoms with E-state index in [1.165, 1.54) is 17.4 Å². The van der Waals surface area contributed by atoms with E-state index in [1.54, 1.807) is 12.1 Å². The fourth-order valence-corrected chi connectivity index (χ4v) is 3.96. The van der Waals surface area contributed by atoms with Crippen molar-refractivity contribution in [3.8, 4) is 0 Å². The average Bonchev–Trinajstić information content (AvgIpc) is 3.05. The van der Waals surface area contributed by atoms with Gasteiger partial charge in [-0.15, -0.1) is 0 Å². The number of thiazole rings is 1. The van der Waals surface area contributed by atoms with Crippen molar-refractivity contribution in [2.45, 2.75) is 19.8 Å². The molecule has 1 amide bonds. The van der Waals surface area contributed by atoms with Gasteiger partial charge in [0.15, 0.2) is 5.13 Å². The predicted molar refractivity (Wildman–Crippen MR) is 103 cm³/mol. The second-order valence-corrected chi connectivity index (χ2v) is 7.38. The number of amides is 1. The molecule has 1 fully saturated rings. The number of unbranched alkanes of at least 4 members (excludes halogenated alkanes) is 1. The van der Waals surface area contributed by atoms with Gasteiger partial charge in [-0.2, -0.15) is 0 Å². The summed E-state index contributed by atoms with van der Waals surface area (Å²) in [4.78, 5) is 31.4. The third-order valence-corrected chi connectivity index (χ3v) is 5.51. The van der Waals surface area contributed by atoms with Crippen LogP contribution in [0.15, 0.2) is 18.2 Å². The molecule has 1 N–H and O–H groups in total. The monoisotopic (exact) mass is 377 g/mol. The summed E-state index contributed by atoms with van der Waals surface area (Å²) in [6.07, 6.45) is 2.08. The molecule has 3 rings (SSSR count). The Balaban J connectivity index is 1.55. The van der Waals surface area contributed by atoms with Crippen molar-refractivity contribution in [2.75, 3.05) is 44.2 Å². The maximum atomic E-state index is 11.9. The van der Waals surface area contributed by atoms with Crippen LogP contribution in [0.5, 0.6) is 0 Å². The Morgan fingerprint density at radius 2 is 2.12 bits per heavy atom. The summed E-state index contributed by atoms with van der Waals surface area (Å²) in [6.45, 7) is 6.48. The first-order valence-electron chi connectivity index (χ1n) is 8.86. The van der Waals surface area contributed by atoms with Gasteiger partial charge in [0.2, 0.25) is 5.91 Å². The smallest absolute Gasteiger partial charge is 0.270 e. The Kier molecular flexibility index (Phi) is 6.00. The first-order valence-corrected chi connectivity index (χ1v) is 9.67. The molecule has 2 aromatic rings. The van der Waals surface area contributed by atoms with Crippen LogP contribution >= 0.6 is 11.3 Å². The van der Waals surface area contributed by atoms with E-state index in [-0.39, 0.29) is 16.5 Å². The second-order valence-electron chi connectivity index (χ2n) is 6.37. The Morgan fingerprint density at radius 1 is 1.35 bits per heavy atom. The summed E-state index contributed by atoms with van der Waals surface area (Å²) >= 11 is 1.48. The fraction of sp³-hybridized carbons (Fsp3) is 0.529.